The average molecular weight is 412 g/mol. The van der Waals surface area contributed by atoms with E-state index in [0.29, 0.717) is 60.3 Å². The number of hydrogen-bond acceptors (Lipinski definition) is 6. The Morgan fingerprint density at radius 1 is 1.13 bits per heavy atom. The number of carbonyl (C=O) groups is 1. The fourth-order valence-electron chi connectivity index (χ4n) is 3.74. The molecule has 1 saturated heterocycles. The number of carbonyl (C=O) groups excluding carboxylic acids is 1. The number of amides is 1. The molecule has 30 heavy (non-hydrogen) atoms. The van der Waals surface area contributed by atoms with Crippen molar-refractivity contribution in [2.45, 2.75) is 33.7 Å². The topological polar surface area (TPSA) is 75.6 Å². The second kappa shape index (κ2) is 8.02. The third-order valence-electron chi connectivity index (χ3n) is 5.65. The highest BCUT2D eigenvalue weighted by atomic mass is 19.1. The first kappa shape index (κ1) is 20.3. The first-order valence-corrected chi connectivity index (χ1v) is 10.0. The zero-order valence-electron chi connectivity index (χ0n) is 17.6. The Labute approximate surface area is 174 Å². The van der Waals surface area contributed by atoms with Crippen LogP contribution in [0, 0.1) is 26.6 Å². The van der Waals surface area contributed by atoms with Gasteiger partial charge in [-0.1, -0.05) is 17.3 Å². The average Bonchev–Trinajstić information content (AvgIpc) is 3.35. The number of aromatic nitrogens is 2. The van der Waals surface area contributed by atoms with E-state index in [0.717, 1.165) is 5.76 Å². The van der Waals surface area contributed by atoms with Crippen molar-refractivity contribution in [3.05, 3.63) is 58.6 Å². The van der Waals surface area contributed by atoms with Crippen molar-refractivity contribution in [2.24, 2.45) is 0 Å². The maximum absolute atomic E-state index is 13.8. The van der Waals surface area contributed by atoms with Crippen LogP contribution in [0.25, 0.3) is 11.4 Å². The van der Waals surface area contributed by atoms with Gasteiger partial charge >= 0.3 is 0 Å². The second-order valence-corrected chi connectivity index (χ2v) is 7.75. The van der Waals surface area contributed by atoms with Crippen LogP contribution in [-0.4, -0.2) is 52.0 Å². The van der Waals surface area contributed by atoms with Crippen molar-refractivity contribution in [1.29, 1.82) is 0 Å². The Morgan fingerprint density at radius 3 is 2.50 bits per heavy atom. The maximum atomic E-state index is 13.8. The summed E-state index contributed by atoms with van der Waals surface area (Å²) in [6, 6.07) is 6.58. The number of nitrogens with zero attached hydrogens (tertiary/aromatic N) is 4. The van der Waals surface area contributed by atoms with Crippen molar-refractivity contribution < 1.29 is 18.1 Å². The molecule has 1 amide bonds. The predicted molar refractivity (Wildman–Crippen MR) is 109 cm³/mol. The van der Waals surface area contributed by atoms with Crippen LogP contribution in [0.15, 0.2) is 33.2 Å². The number of hydrogen-bond donors (Lipinski definition) is 0. The standard InChI is InChI=1S/C22H25FN4O3/c1-13-5-6-17(12-19(13)23)20-24-21(30-25-20)15(3)26-7-9-27(10-8-26)22(28)18-11-14(2)29-16(18)4/h5-6,11-12,15H,7-10H2,1-4H3. The van der Waals surface area contributed by atoms with Crippen LogP contribution in [0.1, 0.15) is 46.3 Å². The zero-order valence-corrected chi connectivity index (χ0v) is 17.6. The lowest BCUT2D eigenvalue weighted by Crippen LogP contribution is -2.49. The van der Waals surface area contributed by atoms with Gasteiger partial charge in [-0.15, -0.1) is 0 Å². The van der Waals surface area contributed by atoms with E-state index in [-0.39, 0.29) is 17.8 Å². The summed E-state index contributed by atoms with van der Waals surface area (Å²) in [5.41, 5.74) is 1.78. The first-order chi connectivity index (χ1) is 14.3. The molecule has 0 saturated carbocycles. The van der Waals surface area contributed by atoms with Gasteiger partial charge in [0.05, 0.1) is 11.6 Å². The molecule has 2 aromatic heterocycles. The molecule has 0 bridgehead atoms. The molecule has 1 aliphatic rings. The van der Waals surface area contributed by atoms with Gasteiger partial charge in [0.2, 0.25) is 11.7 Å². The lowest BCUT2D eigenvalue weighted by atomic mass is 10.1. The molecule has 8 heteroatoms. The summed E-state index contributed by atoms with van der Waals surface area (Å²) in [6.07, 6.45) is 0. The largest absolute Gasteiger partial charge is 0.466 e. The van der Waals surface area contributed by atoms with Gasteiger partial charge in [0.1, 0.15) is 17.3 Å². The molecule has 7 nitrogen and oxygen atoms in total. The minimum absolute atomic E-state index is 0.00173. The summed E-state index contributed by atoms with van der Waals surface area (Å²) in [7, 11) is 0. The van der Waals surface area contributed by atoms with E-state index in [2.05, 4.69) is 15.0 Å². The Balaban J connectivity index is 1.40. The summed E-state index contributed by atoms with van der Waals surface area (Å²) in [6.45, 7) is 9.96. The fourth-order valence-corrected chi connectivity index (χ4v) is 3.74. The van der Waals surface area contributed by atoms with Crippen LogP contribution in [0.4, 0.5) is 4.39 Å². The number of aryl methyl sites for hydroxylation is 3. The second-order valence-electron chi connectivity index (χ2n) is 7.75. The number of piperazine rings is 1. The smallest absolute Gasteiger partial charge is 0.257 e. The number of benzene rings is 1. The predicted octanol–water partition coefficient (Wildman–Crippen LogP) is 3.91. The highest BCUT2D eigenvalue weighted by Crippen LogP contribution is 2.25. The van der Waals surface area contributed by atoms with Crippen molar-refractivity contribution in [1.82, 2.24) is 19.9 Å². The third-order valence-corrected chi connectivity index (χ3v) is 5.65. The van der Waals surface area contributed by atoms with Gasteiger partial charge in [0.15, 0.2) is 0 Å². The monoisotopic (exact) mass is 412 g/mol. The molecular weight excluding hydrogens is 387 g/mol. The molecule has 1 fully saturated rings. The summed E-state index contributed by atoms with van der Waals surface area (Å²) >= 11 is 0. The van der Waals surface area contributed by atoms with E-state index < -0.39 is 0 Å². The van der Waals surface area contributed by atoms with Gasteiger partial charge in [0.25, 0.3) is 5.91 Å². The van der Waals surface area contributed by atoms with Crippen LogP contribution in [0.3, 0.4) is 0 Å². The third kappa shape index (κ3) is 3.87. The summed E-state index contributed by atoms with van der Waals surface area (Å²) in [5.74, 6) is 1.94. The van der Waals surface area contributed by atoms with E-state index >= 15 is 0 Å². The van der Waals surface area contributed by atoms with Crippen LogP contribution < -0.4 is 0 Å². The van der Waals surface area contributed by atoms with E-state index in [9.17, 15) is 9.18 Å². The van der Waals surface area contributed by atoms with Crippen LogP contribution in [0.5, 0.6) is 0 Å². The molecule has 1 unspecified atom stereocenters. The Kier molecular flexibility index (Phi) is 5.42. The molecule has 1 aliphatic heterocycles. The van der Waals surface area contributed by atoms with Gasteiger partial charge in [-0.3, -0.25) is 9.69 Å². The molecule has 0 spiro atoms. The molecule has 158 valence electrons. The first-order valence-electron chi connectivity index (χ1n) is 10.0. The Hall–Kier alpha value is -3.00. The van der Waals surface area contributed by atoms with Gasteiger partial charge in [-0.05, 0) is 45.4 Å². The highest BCUT2D eigenvalue weighted by Gasteiger charge is 2.29. The highest BCUT2D eigenvalue weighted by molar-refractivity contribution is 5.95. The number of rotatable bonds is 4. The molecule has 1 aromatic carbocycles. The minimum atomic E-state index is -0.296. The summed E-state index contributed by atoms with van der Waals surface area (Å²) < 4.78 is 24.8. The number of halogens is 1. The van der Waals surface area contributed by atoms with Crippen LogP contribution in [0.2, 0.25) is 0 Å². The maximum Gasteiger partial charge on any atom is 0.257 e. The SMILES string of the molecule is Cc1cc(C(=O)N2CCN(C(C)c3nc(-c4ccc(C)c(F)c4)no3)CC2)c(C)o1. The molecule has 0 N–H and O–H groups in total. The minimum Gasteiger partial charge on any atom is -0.466 e. The van der Waals surface area contributed by atoms with Crippen LogP contribution >= 0.6 is 0 Å². The van der Waals surface area contributed by atoms with Gasteiger partial charge in [0, 0.05) is 31.7 Å². The van der Waals surface area contributed by atoms with Gasteiger partial charge in [-0.25, -0.2) is 4.39 Å². The van der Waals surface area contributed by atoms with Crippen molar-refractivity contribution in [2.75, 3.05) is 26.2 Å². The molecule has 0 aliphatic carbocycles. The molecule has 1 atom stereocenters. The summed E-state index contributed by atoms with van der Waals surface area (Å²) in [5, 5.41) is 4.01. The van der Waals surface area contributed by atoms with E-state index in [1.807, 2.05) is 25.7 Å². The lowest BCUT2D eigenvalue weighted by Gasteiger charge is -2.36. The number of furan rings is 1. The van der Waals surface area contributed by atoms with E-state index in [4.69, 9.17) is 8.94 Å². The summed E-state index contributed by atoms with van der Waals surface area (Å²) in [4.78, 5) is 21.3. The van der Waals surface area contributed by atoms with Crippen LogP contribution in [-0.2, 0) is 0 Å². The normalized spacial score (nSPS) is 16.1. The molecular formula is C22H25FN4O3. The molecule has 3 heterocycles. The van der Waals surface area contributed by atoms with Crippen molar-refractivity contribution in [3.63, 3.8) is 0 Å². The molecule has 3 aromatic rings. The fraction of sp³-hybridized carbons (Fsp3) is 0.409. The Bertz CT molecular complexity index is 1070. The lowest BCUT2D eigenvalue weighted by molar-refractivity contribution is 0.0550. The molecule has 0 radical (unpaired) electrons. The van der Waals surface area contributed by atoms with E-state index in [1.54, 1.807) is 25.1 Å². The van der Waals surface area contributed by atoms with Crippen molar-refractivity contribution >= 4 is 5.91 Å². The quantitative estimate of drug-likeness (QED) is 0.647. The molecule has 4 rings (SSSR count). The van der Waals surface area contributed by atoms with Crippen molar-refractivity contribution in [3.8, 4) is 11.4 Å². The van der Waals surface area contributed by atoms with Gasteiger partial charge in [-0.2, -0.15) is 4.98 Å². The zero-order chi connectivity index (χ0) is 21.4. The van der Waals surface area contributed by atoms with E-state index in [1.165, 1.54) is 6.07 Å². The Morgan fingerprint density at radius 2 is 1.87 bits per heavy atom. The van der Waals surface area contributed by atoms with Gasteiger partial charge < -0.3 is 13.8 Å².